The van der Waals surface area contributed by atoms with E-state index in [0.717, 1.165) is 0 Å². The van der Waals surface area contributed by atoms with E-state index in [4.69, 9.17) is 11.6 Å². The minimum Gasteiger partial charge on any atom is -0.355 e. The number of nitrogens with zero attached hydrogens (tertiary/aromatic N) is 4. The summed E-state index contributed by atoms with van der Waals surface area (Å²) in [6, 6.07) is 9.76. The van der Waals surface area contributed by atoms with Gasteiger partial charge >= 0.3 is 0 Å². The number of rotatable bonds is 4. The Morgan fingerprint density at radius 1 is 1.29 bits per heavy atom. The number of nitrogens with one attached hydrogen (secondary N) is 2. The Balaban J connectivity index is 2.33. The third kappa shape index (κ3) is 3.43. The van der Waals surface area contributed by atoms with Gasteiger partial charge in [-0.25, -0.2) is 4.98 Å². The molecule has 2 N–H and O–H groups in total. The summed E-state index contributed by atoms with van der Waals surface area (Å²) in [6.07, 6.45) is 2.93. The molecule has 8 nitrogen and oxygen atoms in total. The van der Waals surface area contributed by atoms with E-state index < -0.39 is 11.8 Å². The molecular formula is C19H15ClN6O2. The number of benzene rings is 1. The van der Waals surface area contributed by atoms with Gasteiger partial charge in [-0.05, 0) is 42.8 Å². The lowest BCUT2D eigenvalue weighted by Gasteiger charge is -2.26. The Bertz CT molecular complexity index is 1090. The van der Waals surface area contributed by atoms with E-state index in [9.17, 15) is 14.9 Å². The molecule has 0 aliphatic rings. The Morgan fingerprint density at radius 2 is 2.07 bits per heavy atom. The van der Waals surface area contributed by atoms with Gasteiger partial charge in [0.05, 0.1) is 27.9 Å². The average molecular weight is 395 g/mol. The molecule has 0 fully saturated rings. The lowest BCUT2D eigenvalue weighted by atomic mass is 10.0. The molecule has 0 aliphatic carbocycles. The van der Waals surface area contributed by atoms with Crippen LogP contribution in [0.2, 0.25) is 5.02 Å². The number of hydrogen-bond donors (Lipinski definition) is 2. The highest BCUT2D eigenvalue weighted by molar-refractivity contribution is 6.34. The number of halogens is 1. The number of pyridine rings is 1. The fourth-order valence-corrected chi connectivity index (χ4v) is 3.00. The molecule has 9 heteroatoms. The molecule has 140 valence electrons. The van der Waals surface area contributed by atoms with E-state index in [1.54, 1.807) is 25.1 Å². The number of anilines is 2. The van der Waals surface area contributed by atoms with Gasteiger partial charge in [0, 0.05) is 19.4 Å². The molecule has 1 aromatic carbocycles. The topological polar surface area (TPSA) is 115 Å². The molecule has 3 aromatic rings. The van der Waals surface area contributed by atoms with E-state index >= 15 is 0 Å². The largest absolute Gasteiger partial charge is 0.355 e. The fraction of sp³-hybridized carbons (Fsp3) is 0.105. The second-order valence-corrected chi connectivity index (χ2v) is 6.21. The zero-order valence-corrected chi connectivity index (χ0v) is 15.8. The number of aryl methyl sites for hydroxylation is 1. The van der Waals surface area contributed by atoms with Crippen molar-refractivity contribution in [1.82, 2.24) is 20.5 Å². The van der Waals surface area contributed by atoms with Crippen LogP contribution >= 0.6 is 11.6 Å². The summed E-state index contributed by atoms with van der Waals surface area (Å²) >= 11 is 6.32. The summed E-state index contributed by atoms with van der Waals surface area (Å²) < 4.78 is 0. The Hall–Kier alpha value is -3.70. The van der Waals surface area contributed by atoms with Crippen molar-refractivity contribution in [3.8, 4) is 6.07 Å². The Kier molecular flexibility index (Phi) is 5.38. The molecule has 2 heterocycles. The van der Waals surface area contributed by atoms with Crippen molar-refractivity contribution in [3.05, 3.63) is 70.1 Å². The standard InChI is InChI=1S/C19H15ClN6O2/c1-11-8-12(10-21)9-13(18(27)22-2)16(11)26(17-14(20)4-3-6-23-17)19(28)15-5-7-24-25-15/h3-9H,1-2H3,(H,22,27)(H,24,25). The first-order valence-electron chi connectivity index (χ1n) is 8.19. The predicted octanol–water partition coefficient (Wildman–Crippen LogP) is 2.98. The highest BCUT2D eigenvalue weighted by Gasteiger charge is 2.29. The molecule has 0 saturated heterocycles. The lowest BCUT2D eigenvalue weighted by molar-refractivity contribution is 0.0963. The summed E-state index contributed by atoms with van der Waals surface area (Å²) in [5.41, 5.74) is 1.44. The number of aromatic nitrogens is 3. The second-order valence-electron chi connectivity index (χ2n) is 5.80. The van der Waals surface area contributed by atoms with E-state index in [0.29, 0.717) is 11.1 Å². The van der Waals surface area contributed by atoms with Crippen molar-refractivity contribution >= 4 is 34.9 Å². The first-order valence-corrected chi connectivity index (χ1v) is 8.57. The van der Waals surface area contributed by atoms with Crippen LogP contribution in [-0.2, 0) is 0 Å². The summed E-state index contributed by atoms with van der Waals surface area (Å²) in [6.45, 7) is 1.70. The molecule has 0 bridgehead atoms. The molecular weight excluding hydrogens is 380 g/mol. The highest BCUT2D eigenvalue weighted by atomic mass is 35.5. The van der Waals surface area contributed by atoms with Crippen LogP contribution in [0.3, 0.4) is 0 Å². The van der Waals surface area contributed by atoms with Crippen molar-refractivity contribution in [1.29, 1.82) is 5.26 Å². The molecule has 28 heavy (non-hydrogen) atoms. The minimum absolute atomic E-state index is 0.147. The molecule has 0 unspecified atom stereocenters. The normalized spacial score (nSPS) is 10.2. The number of carbonyl (C=O) groups is 2. The number of aromatic amines is 1. The molecule has 2 amide bonds. The molecule has 0 radical (unpaired) electrons. The Morgan fingerprint density at radius 3 is 2.68 bits per heavy atom. The first-order chi connectivity index (χ1) is 13.5. The van der Waals surface area contributed by atoms with Gasteiger partial charge < -0.3 is 5.32 Å². The van der Waals surface area contributed by atoms with E-state index in [-0.39, 0.29) is 27.8 Å². The Labute approximate surface area is 165 Å². The maximum atomic E-state index is 13.3. The van der Waals surface area contributed by atoms with Crippen molar-refractivity contribution < 1.29 is 9.59 Å². The van der Waals surface area contributed by atoms with E-state index in [1.165, 1.54) is 36.5 Å². The van der Waals surface area contributed by atoms with Gasteiger partial charge in [0.1, 0.15) is 5.69 Å². The van der Waals surface area contributed by atoms with Crippen molar-refractivity contribution in [2.45, 2.75) is 6.92 Å². The van der Waals surface area contributed by atoms with Crippen LogP contribution in [0.5, 0.6) is 0 Å². The molecule has 0 atom stereocenters. The van der Waals surface area contributed by atoms with Gasteiger partial charge in [0.25, 0.3) is 11.8 Å². The number of hydrogen-bond acceptors (Lipinski definition) is 5. The van der Waals surface area contributed by atoms with Gasteiger partial charge in [0.15, 0.2) is 5.82 Å². The maximum absolute atomic E-state index is 13.3. The van der Waals surface area contributed by atoms with E-state index in [2.05, 4.69) is 20.5 Å². The molecule has 2 aromatic heterocycles. The van der Waals surface area contributed by atoms with Crippen LogP contribution in [0, 0.1) is 18.3 Å². The summed E-state index contributed by atoms with van der Waals surface area (Å²) in [5.74, 6) is -0.803. The van der Waals surface area contributed by atoms with Crippen LogP contribution in [0.25, 0.3) is 0 Å². The summed E-state index contributed by atoms with van der Waals surface area (Å²) in [7, 11) is 1.47. The fourth-order valence-electron chi connectivity index (χ4n) is 2.79. The highest BCUT2D eigenvalue weighted by Crippen LogP contribution is 2.36. The van der Waals surface area contributed by atoms with Gasteiger partial charge in [-0.15, -0.1) is 0 Å². The predicted molar refractivity (Wildman–Crippen MR) is 104 cm³/mol. The monoisotopic (exact) mass is 394 g/mol. The number of nitriles is 1. The molecule has 3 rings (SSSR count). The minimum atomic E-state index is -0.504. The zero-order valence-electron chi connectivity index (χ0n) is 15.0. The van der Waals surface area contributed by atoms with Crippen molar-refractivity contribution in [3.63, 3.8) is 0 Å². The maximum Gasteiger partial charge on any atom is 0.282 e. The number of carbonyl (C=O) groups excluding carboxylic acids is 2. The molecule has 0 spiro atoms. The van der Waals surface area contributed by atoms with Gasteiger partial charge in [-0.1, -0.05) is 11.6 Å². The number of amides is 2. The van der Waals surface area contributed by atoms with Gasteiger partial charge in [-0.2, -0.15) is 10.4 Å². The van der Waals surface area contributed by atoms with Crippen LogP contribution in [0.4, 0.5) is 11.5 Å². The summed E-state index contributed by atoms with van der Waals surface area (Å²) in [5, 5.41) is 18.5. The van der Waals surface area contributed by atoms with Crippen molar-refractivity contribution in [2.24, 2.45) is 0 Å². The smallest absolute Gasteiger partial charge is 0.282 e. The summed E-state index contributed by atoms with van der Waals surface area (Å²) in [4.78, 5) is 31.3. The SMILES string of the molecule is CNC(=O)c1cc(C#N)cc(C)c1N(C(=O)c1ccn[nH]1)c1ncccc1Cl. The lowest BCUT2D eigenvalue weighted by Crippen LogP contribution is -2.31. The second kappa shape index (κ2) is 7.90. The molecule has 0 aliphatic heterocycles. The van der Waals surface area contributed by atoms with Crippen LogP contribution < -0.4 is 10.2 Å². The van der Waals surface area contributed by atoms with Gasteiger partial charge in [-0.3, -0.25) is 19.6 Å². The third-order valence-corrected chi connectivity index (χ3v) is 4.30. The quantitative estimate of drug-likeness (QED) is 0.705. The van der Waals surface area contributed by atoms with E-state index in [1.807, 2.05) is 6.07 Å². The zero-order chi connectivity index (χ0) is 20.3. The van der Waals surface area contributed by atoms with Gasteiger partial charge in [0.2, 0.25) is 0 Å². The van der Waals surface area contributed by atoms with Crippen molar-refractivity contribution in [2.75, 3.05) is 11.9 Å². The van der Waals surface area contributed by atoms with Crippen LogP contribution in [-0.4, -0.2) is 34.0 Å². The average Bonchev–Trinajstić information content (AvgIpc) is 3.24. The van der Waals surface area contributed by atoms with Crippen LogP contribution in [0.1, 0.15) is 32.0 Å². The third-order valence-electron chi connectivity index (χ3n) is 4.01. The number of H-pyrrole nitrogens is 1. The molecule has 0 saturated carbocycles. The van der Waals surface area contributed by atoms with Crippen LogP contribution in [0.15, 0.2) is 42.7 Å². The first kappa shape index (κ1) is 19.1.